The smallest absolute Gasteiger partial charge is 0.264 e. The molecule has 44 heavy (non-hydrogen) atoms. The number of amides is 2. The van der Waals surface area contributed by atoms with Crippen molar-refractivity contribution in [2.45, 2.75) is 37.2 Å². The minimum absolute atomic E-state index is 0.0154. The van der Waals surface area contributed by atoms with E-state index >= 15 is 0 Å². The van der Waals surface area contributed by atoms with E-state index in [9.17, 15) is 18.0 Å². The zero-order valence-corrected chi connectivity index (χ0v) is 26.3. The topological polar surface area (TPSA) is 96.0 Å². The van der Waals surface area contributed by atoms with Crippen molar-refractivity contribution in [1.82, 2.24) is 10.2 Å². The number of halogens is 1. The van der Waals surface area contributed by atoms with Crippen molar-refractivity contribution in [2.75, 3.05) is 24.5 Å². The SMILES string of the molecule is CCCNC(=O)[C@H](Cc1ccccc1)N(Cc1cccc(Cl)c1)C(=O)CN(c1ccccc1OC)S(=O)(=O)c1ccccc1. The second-order valence-electron chi connectivity index (χ2n) is 10.1. The Balaban J connectivity index is 1.82. The van der Waals surface area contributed by atoms with Crippen LogP contribution in [0.15, 0.2) is 114 Å². The summed E-state index contributed by atoms with van der Waals surface area (Å²) in [5.74, 6) is -0.619. The van der Waals surface area contributed by atoms with Crippen LogP contribution >= 0.6 is 11.6 Å². The van der Waals surface area contributed by atoms with E-state index in [4.69, 9.17) is 16.3 Å². The largest absolute Gasteiger partial charge is 0.495 e. The molecule has 0 bridgehead atoms. The Labute approximate surface area is 264 Å². The number of benzene rings is 4. The summed E-state index contributed by atoms with van der Waals surface area (Å²) >= 11 is 6.29. The third-order valence-electron chi connectivity index (χ3n) is 7.03. The highest BCUT2D eigenvalue weighted by molar-refractivity contribution is 7.92. The summed E-state index contributed by atoms with van der Waals surface area (Å²) in [5.41, 5.74) is 1.75. The monoisotopic (exact) mass is 633 g/mol. The van der Waals surface area contributed by atoms with Crippen molar-refractivity contribution in [3.05, 3.63) is 125 Å². The molecule has 0 heterocycles. The molecule has 8 nitrogen and oxygen atoms in total. The quantitative estimate of drug-likeness (QED) is 0.192. The third kappa shape index (κ3) is 8.18. The van der Waals surface area contributed by atoms with E-state index in [0.29, 0.717) is 23.6 Å². The Kier molecular flexibility index (Phi) is 11.4. The van der Waals surface area contributed by atoms with Crippen LogP contribution in [0, 0.1) is 0 Å². The lowest BCUT2D eigenvalue weighted by atomic mass is 10.0. The number of carbonyl (C=O) groups is 2. The van der Waals surface area contributed by atoms with Gasteiger partial charge in [0.2, 0.25) is 11.8 Å². The van der Waals surface area contributed by atoms with E-state index in [1.807, 2.05) is 43.3 Å². The molecule has 0 aliphatic heterocycles. The van der Waals surface area contributed by atoms with Crippen molar-refractivity contribution >= 4 is 39.1 Å². The number of anilines is 1. The molecular formula is C34H36ClN3O5S. The minimum atomic E-state index is -4.23. The van der Waals surface area contributed by atoms with Crippen LogP contribution in [0.5, 0.6) is 5.75 Å². The number of ether oxygens (including phenoxy) is 1. The Morgan fingerprint density at radius 2 is 1.50 bits per heavy atom. The van der Waals surface area contributed by atoms with Crippen LogP contribution in [0.3, 0.4) is 0 Å². The fourth-order valence-electron chi connectivity index (χ4n) is 4.82. The van der Waals surface area contributed by atoms with Gasteiger partial charge in [0, 0.05) is 24.5 Å². The van der Waals surface area contributed by atoms with Gasteiger partial charge in [-0.2, -0.15) is 0 Å². The number of carbonyl (C=O) groups excluding carboxylic acids is 2. The Hall–Kier alpha value is -4.34. The summed E-state index contributed by atoms with van der Waals surface area (Å²) in [6, 6.07) is 30.0. The lowest BCUT2D eigenvalue weighted by Crippen LogP contribution is -2.53. The molecule has 0 saturated heterocycles. The fourth-order valence-corrected chi connectivity index (χ4v) is 6.48. The number of rotatable bonds is 14. The summed E-state index contributed by atoms with van der Waals surface area (Å²) in [6.45, 7) is 1.83. The van der Waals surface area contributed by atoms with Gasteiger partial charge < -0.3 is 15.0 Å². The average Bonchev–Trinajstić information content (AvgIpc) is 3.04. The van der Waals surface area contributed by atoms with Gasteiger partial charge in [0.25, 0.3) is 10.0 Å². The fraction of sp³-hybridized carbons (Fsp3) is 0.235. The highest BCUT2D eigenvalue weighted by Crippen LogP contribution is 2.32. The molecule has 10 heteroatoms. The highest BCUT2D eigenvalue weighted by atomic mass is 35.5. The predicted molar refractivity (Wildman–Crippen MR) is 173 cm³/mol. The average molecular weight is 634 g/mol. The van der Waals surface area contributed by atoms with Crippen molar-refractivity contribution in [2.24, 2.45) is 0 Å². The zero-order chi connectivity index (χ0) is 31.5. The van der Waals surface area contributed by atoms with E-state index < -0.39 is 28.5 Å². The minimum Gasteiger partial charge on any atom is -0.495 e. The number of hydrogen-bond donors (Lipinski definition) is 1. The number of nitrogens with one attached hydrogen (secondary N) is 1. The van der Waals surface area contributed by atoms with Crippen LogP contribution in [-0.2, 0) is 32.6 Å². The second kappa shape index (κ2) is 15.4. The van der Waals surface area contributed by atoms with Gasteiger partial charge in [0.1, 0.15) is 18.3 Å². The molecule has 1 atom stereocenters. The first kappa shape index (κ1) is 32.6. The lowest BCUT2D eigenvalue weighted by Gasteiger charge is -2.34. The zero-order valence-electron chi connectivity index (χ0n) is 24.7. The number of hydrogen-bond acceptors (Lipinski definition) is 5. The lowest BCUT2D eigenvalue weighted by molar-refractivity contribution is -0.140. The number of methoxy groups -OCH3 is 1. The van der Waals surface area contributed by atoms with Crippen molar-refractivity contribution in [3.63, 3.8) is 0 Å². The number of para-hydroxylation sites is 2. The molecule has 0 aliphatic rings. The van der Waals surface area contributed by atoms with Gasteiger partial charge in [-0.1, -0.05) is 91.3 Å². The molecular weight excluding hydrogens is 598 g/mol. The maximum atomic E-state index is 14.5. The first-order valence-electron chi connectivity index (χ1n) is 14.3. The number of nitrogens with zero attached hydrogens (tertiary/aromatic N) is 2. The molecule has 4 aromatic carbocycles. The summed E-state index contributed by atoms with van der Waals surface area (Å²) in [4.78, 5) is 29.6. The summed E-state index contributed by atoms with van der Waals surface area (Å²) in [5, 5.41) is 3.41. The van der Waals surface area contributed by atoms with Crippen molar-refractivity contribution in [3.8, 4) is 5.75 Å². The Bertz CT molecular complexity index is 1650. The van der Waals surface area contributed by atoms with E-state index in [2.05, 4.69) is 5.32 Å². The molecule has 0 spiro atoms. The van der Waals surface area contributed by atoms with Crippen LogP contribution in [0.1, 0.15) is 24.5 Å². The molecule has 4 aromatic rings. The van der Waals surface area contributed by atoms with Crippen LogP contribution in [0.25, 0.3) is 0 Å². The van der Waals surface area contributed by atoms with Gasteiger partial charge in [0.05, 0.1) is 17.7 Å². The van der Waals surface area contributed by atoms with Gasteiger partial charge >= 0.3 is 0 Å². The van der Waals surface area contributed by atoms with Gasteiger partial charge in [0.15, 0.2) is 0 Å². The summed E-state index contributed by atoms with van der Waals surface area (Å²) in [6.07, 6.45) is 0.936. The van der Waals surface area contributed by atoms with E-state index in [-0.39, 0.29) is 35.2 Å². The van der Waals surface area contributed by atoms with Gasteiger partial charge in [-0.15, -0.1) is 0 Å². The molecule has 0 saturated carbocycles. The van der Waals surface area contributed by atoms with E-state index in [0.717, 1.165) is 9.87 Å². The predicted octanol–water partition coefficient (Wildman–Crippen LogP) is 5.71. The van der Waals surface area contributed by atoms with Crippen molar-refractivity contribution in [1.29, 1.82) is 0 Å². The Morgan fingerprint density at radius 1 is 0.864 bits per heavy atom. The molecule has 4 rings (SSSR count). The van der Waals surface area contributed by atoms with Crippen LogP contribution in [0.2, 0.25) is 5.02 Å². The van der Waals surface area contributed by atoms with Crippen LogP contribution in [0.4, 0.5) is 5.69 Å². The van der Waals surface area contributed by atoms with Crippen molar-refractivity contribution < 1.29 is 22.7 Å². The third-order valence-corrected chi connectivity index (χ3v) is 9.04. The maximum Gasteiger partial charge on any atom is 0.264 e. The summed E-state index contributed by atoms with van der Waals surface area (Å²) < 4.78 is 34.7. The van der Waals surface area contributed by atoms with Crippen LogP contribution in [-0.4, -0.2) is 51.4 Å². The Morgan fingerprint density at radius 3 is 2.16 bits per heavy atom. The molecule has 0 aliphatic carbocycles. The molecule has 2 amide bonds. The molecule has 1 N–H and O–H groups in total. The van der Waals surface area contributed by atoms with E-state index in [1.165, 1.54) is 24.1 Å². The first-order valence-corrected chi connectivity index (χ1v) is 16.1. The molecule has 0 aromatic heterocycles. The second-order valence-corrected chi connectivity index (χ2v) is 12.4. The van der Waals surface area contributed by atoms with Gasteiger partial charge in [-0.3, -0.25) is 13.9 Å². The normalized spacial score (nSPS) is 11.8. The maximum absolute atomic E-state index is 14.5. The molecule has 230 valence electrons. The molecule has 0 fully saturated rings. The van der Waals surface area contributed by atoms with Gasteiger partial charge in [-0.25, -0.2) is 8.42 Å². The van der Waals surface area contributed by atoms with E-state index in [1.54, 1.807) is 60.7 Å². The van der Waals surface area contributed by atoms with Gasteiger partial charge in [-0.05, 0) is 53.9 Å². The van der Waals surface area contributed by atoms with Crippen LogP contribution < -0.4 is 14.4 Å². The summed E-state index contributed by atoms with van der Waals surface area (Å²) in [7, 11) is -2.79. The first-order chi connectivity index (χ1) is 21.2. The molecule has 0 radical (unpaired) electrons. The highest BCUT2D eigenvalue weighted by Gasteiger charge is 2.35. The number of sulfonamides is 1. The standard InChI is InChI=1S/C34H36ClN3O5S/c1-3-21-36-34(40)31(23-26-13-6-4-7-14-26)37(24-27-15-12-16-28(35)22-27)33(39)25-38(30-19-10-11-20-32(30)43-2)44(41,42)29-17-8-5-9-18-29/h4-20,22,31H,3,21,23-25H2,1-2H3,(H,36,40)/t31-/m0/s1. The molecule has 0 unspecified atom stereocenters.